The molecule has 2 nitrogen and oxygen atoms in total. The normalized spacial score (nSPS) is 18.4. The Morgan fingerprint density at radius 2 is 2.14 bits per heavy atom. The number of aryl methyl sites for hydroxylation is 2. The van der Waals surface area contributed by atoms with E-state index in [1.165, 1.54) is 16.7 Å². The van der Waals surface area contributed by atoms with Gasteiger partial charge in [-0.15, -0.1) is 12.4 Å². The van der Waals surface area contributed by atoms with Crippen molar-refractivity contribution in [1.29, 1.82) is 0 Å². The van der Waals surface area contributed by atoms with Gasteiger partial charge in [-0.2, -0.15) is 0 Å². The second-order valence-electron chi connectivity index (χ2n) is 3.75. The molecule has 78 valence electrons. The molecule has 0 radical (unpaired) electrons. The van der Waals surface area contributed by atoms with Gasteiger partial charge in [0.15, 0.2) is 0 Å². The number of rotatable bonds is 1. The Balaban J connectivity index is 0.000000980. The second kappa shape index (κ2) is 4.20. The first kappa shape index (κ1) is 11.3. The minimum absolute atomic E-state index is 0. The van der Waals surface area contributed by atoms with Gasteiger partial charge in [0.1, 0.15) is 11.9 Å². The highest BCUT2D eigenvalue weighted by atomic mass is 35.5. The van der Waals surface area contributed by atoms with Crippen LogP contribution >= 0.6 is 12.4 Å². The van der Waals surface area contributed by atoms with Crippen LogP contribution in [0.3, 0.4) is 0 Å². The zero-order valence-corrected chi connectivity index (χ0v) is 9.36. The highest BCUT2D eigenvalue weighted by molar-refractivity contribution is 5.85. The summed E-state index contributed by atoms with van der Waals surface area (Å²) in [6.45, 7) is 4.81. The average molecular weight is 214 g/mol. The maximum absolute atomic E-state index is 5.72. The van der Waals surface area contributed by atoms with Crippen LogP contribution in [0.15, 0.2) is 12.1 Å². The lowest BCUT2D eigenvalue weighted by Gasteiger charge is -2.08. The van der Waals surface area contributed by atoms with Crippen molar-refractivity contribution in [3.63, 3.8) is 0 Å². The summed E-state index contributed by atoms with van der Waals surface area (Å²) in [5, 5.41) is 0. The Morgan fingerprint density at radius 1 is 1.43 bits per heavy atom. The lowest BCUT2D eigenvalue weighted by Crippen LogP contribution is -2.24. The predicted octanol–water partition coefficient (Wildman–Crippen LogP) is 1.99. The summed E-state index contributed by atoms with van der Waals surface area (Å²) >= 11 is 0. The van der Waals surface area contributed by atoms with Gasteiger partial charge in [-0.25, -0.2) is 0 Å². The fourth-order valence-corrected chi connectivity index (χ4v) is 1.95. The number of halogens is 1. The van der Waals surface area contributed by atoms with Crippen LogP contribution in [0.2, 0.25) is 0 Å². The molecule has 1 aromatic rings. The molecule has 0 saturated carbocycles. The van der Waals surface area contributed by atoms with E-state index in [2.05, 4.69) is 26.0 Å². The highest BCUT2D eigenvalue weighted by Crippen LogP contribution is 2.32. The Hall–Kier alpha value is -0.730. The maximum Gasteiger partial charge on any atom is 0.126 e. The van der Waals surface area contributed by atoms with Crippen LogP contribution in [0.1, 0.15) is 16.7 Å². The van der Waals surface area contributed by atoms with Crippen LogP contribution in [0, 0.1) is 13.8 Å². The molecule has 0 saturated heterocycles. The minimum Gasteiger partial charge on any atom is -0.488 e. The van der Waals surface area contributed by atoms with Crippen LogP contribution in [-0.4, -0.2) is 12.6 Å². The van der Waals surface area contributed by atoms with E-state index in [9.17, 15) is 0 Å². The Bertz CT molecular complexity index is 338. The largest absolute Gasteiger partial charge is 0.488 e. The smallest absolute Gasteiger partial charge is 0.126 e. The molecular weight excluding hydrogens is 198 g/mol. The fraction of sp³-hybridized carbons (Fsp3) is 0.455. The van der Waals surface area contributed by atoms with Crippen molar-refractivity contribution in [3.05, 3.63) is 28.8 Å². The molecular formula is C11H16ClNO. The molecule has 0 bridgehead atoms. The summed E-state index contributed by atoms with van der Waals surface area (Å²) in [5.41, 5.74) is 9.42. The van der Waals surface area contributed by atoms with Crippen LogP contribution in [0.4, 0.5) is 0 Å². The molecule has 0 spiro atoms. The van der Waals surface area contributed by atoms with Crippen LogP contribution < -0.4 is 10.5 Å². The standard InChI is InChI=1S/C11H15NO.ClH/c1-7-3-8(2)11-9(4-7)5-10(6-12)13-11;/h3-4,10H,5-6,12H2,1-2H3;1H. The first-order chi connectivity index (χ1) is 6.20. The van der Waals surface area contributed by atoms with Crippen LogP contribution in [0.5, 0.6) is 5.75 Å². The van der Waals surface area contributed by atoms with Crippen LogP contribution in [-0.2, 0) is 6.42 Å². The van der Waals surface area contributed by atoms with Crippen molar-refractivity contribution in [2.45, 2.75) is 26.4 Å². The summed E-state index contributed by atoms with van der Waals surface area (Å²) in [7, 11) is 0. The van der Waals surface area contributed by atoms with Crippen molar-refractivity contribution < 1.29 is 4.74 Å². The van der Waals surface area contributed by atoms with Crippen molar-refractivity contribution in [3.8, 4) is 5.75 Å². The van der Waals surface area contributed by atoms with E-state index in [0.717, 1.165) is 12.2 Å². The molecule has 1 aromatic carbocycles. The van der Waals surface area contributed by atoms with E-state index in [1.54, 1.807) is 0 Å². The summed E-state index contributed by atoms with van der Waals surface area (Å²) in [6.07, 6.45) is 1.16. The molecule has 0 aliphatic carbocycles. The zero-order chi connectivity index (χ0) is 9.42. The fourth-order valence-electron chi connectivity index (χ4n) is 1.95. The Kier molecular flexibility index (Phi) is 3.40. The molecule has 0 aromatic heterocycles. The molecule has 2 N–H and O–H groups in total. The van der Waals surface area contributed by atoms with Gasteiger partial charge < -0.3 is 10.5 Å². The van der Waals surface area contributed by atoms with Crippen molar-refractivity contribution >= 4 is 12.4 Å². The first-order valence-corrected chi connectivity index (χ1v) is 4.67. The summed E-state index contributed by atoms with van der Waals surface area (Å²) in [4.78, 5) is 0. The van der Waals surface area contributed by atoms with Gasteiger partial charge in [-0.3, -0.25) is 0 Å². The third-order valence-electron chi connectivity index (χ3n) is 2.49. The average Bonchev–Trinajstić information content (AvgIpc) is 2.47. The van der Waals surface area contributed by atoms with Crippen molar-refractivity contribution in [1.82, 2.24) is 0 Å². The van der Waals surface area contributed by atoms with E-state index in [-0.39, 0.29) is 18.5 Å². The highest BCUT2D eigenvalue weighted by Gasteiger charge is 2.22. The molecule has 1 aliphatic heterocycles. The Morgan fingerprint density at radius 3 is 2.79 bits per heavy atom. The Labute approximate surface area is 90.9 Å². The third kappa shape index (κ3) is 1.86. The van der Waals surface area contributed by atoms with Gasteiger partial charge in [-0.05, 0) is 25.0 Å². The van der Waals surface area contributed by atoms with Crippen molar-refractivity contribution in [2.75, 3.05) is 6.54 Å². The summed E-state index contributed by atoms with van der Waals surface area (Å²) in [5.74, 6) is 1.06. The molecule has 1 aliphatic rings. The number of nitrogens with two attached hydrogens (primary N) is 1. The molecule has 3 heteroatoms. The van der Waals surface area contributed by atoms with Gasteiger partial charge in [0.25, 0.3) is 0 Å². The molecule has 1 unspecified atom stereocenters. The van der Waals surface area contributed by atoms with Crippen molar-refractivity contribution in [2.24, 2.45) is 5.73 Å². The number of ether oxygens (including phenoxy) is 1. The van der Waals surface area contributed by atoms with Gasteiger partial charge in [0.2, 0.25) is 0 Å². The number of benzene rings is 1. The predicted molar refractivity (Wildman–Crippen MR) is 60.3 cm³/mol. The molecule has 1 atom stereocenters. The van der Waals surface area contributed by atoms with E-state index in [0.29, 0.717) is 6.54 Å². The number of fused-ring (bicyclic) bond motifs is 1. The second-order valence-corrected chi connectivity index (χ2v) is 3.75. The zero-order valence-electron chi connectivity index (χ0n) is 8.54. The number of hydrogen-bond acceptors (Lipinski definition) is 2. The molecule has 1 heterocycles. The third-order valence-corrected chi connectivity index (χ3v) is 2.49. The lowest BCUT2D eigenvalue weighted by atomic mass is 10.0. The monoisotopic (exact) mass is 213 g/mol. The SMILES string of the molecule is Cc1cc(C)c2c(c1)CC(CN)O2.Cl. The maximum atomic E-state index is 5.72. The summed E-state index contributed by atoms with van der Waals surface area (Å²) < 4.78 is 5.72. The molecule has 0 fully saturated rings. The van der Waals surface area contributed by atoms with E-state index in [1.807, 2.05) is 0 Å². The molecule has 2 rings (SSSR count). The van der Waals surface area contributed by atoms with E-state index < -0.39 is 0 Å². The number of hydrogen-bond donors (Lipinski definition) is 1. The molecule has 14 heavy (non-hydrogen) atoms. The minimum atomic E-state index is 0. The lowest BCUT2D eigenvalue weighted by molar-refractivity contribution is 0.240. The van der Waals surface area contributed by atoms with Gasteiger partial charge in [0.05, 0.1) is 0 Å². The molecule has 0 amide bonds. The van der Waals surface area contributed by atoms with E-state index in [4.69, 9.17) is 10.5 Å². The summed E-state index contributed by atoms with van der Waals surface area (Å²) in [6, 6.07) is 4.34. The first-order valence-electron chi connectivity index (χ1n) is 4.67. The van der Waals surface area contributed by atoms with Gasteiger partial charge in [0, 0.05) is 13.0 Å². The quantitative estimate of drug-likeness (QED) is 0.775. The van der Waals surface area contributed by atoms with E-state index >= 15 is 0 Å². The topological polar surface area (TPSA) is 35.2 Å². The van der Waals surface area contributed by atoms with Crippen LogP contribution in [0.25, 0.3) is 0 Å². The van der Waals surface area contributed by atoms with Gasteiger partial charge in [-0.1, -0.05) is 17.7 Å². The van der Waals surface area contributed by atoms with Gasteiger partial charge >= 0.3 is 0 Å².